The Bertz CT molecular complexity index is 1100. The Balaban J connectivity index is 1.66. The molecule has 1 aliphatic heterocycles. The maximum Gasteiger partial charge on any atom is 0.276 e. The molecule has 154 valence electrons. The van der Waals surface area contributed by atoms with Crippen LogP contribution in [0.5, 0.6) is 5.75 Å². The van der Waals surface area contributed by atoms with Crippen LogP contribution in [0.4, 0.5) is 5.69 Å². The maximum absolute atomic E-state index is 13.1. The van der Waals surface area contributed by atoms with E-state index in [1.807, 2.05) is 22.9 Å². The molecule has 0 radical (unpaired) electrons. The second-order valence-corrected chi connectivity index (χ2v) is 6.99. The van der Waals surface area contributed by atoms with Crippen LogP contribution in [-0.4, -0.2) is 60.5 Å². The van der Waals surface area contributed by atoms with Crippen LogP contribution in [0.2, 0.25) is 0 Å². The lowest BCUT2D eigenvalue weighted by Gasteiger charge is -2.26. The molecule has 0 atom stereocenters. The van der Waals surface area contributed by atoms with Gasteiger partial charge in [-0.05, 0) is 18.2 Å². The van der Waals surface area contributed by atoms with Crippen molar-refractivity contribution in [1.82, 2.24) is 14.7 Å². The van der Waals surface area contributed by atoms with Gasteiger partial charge >= 0.3 is 0 Å². The van der Waals surface area contributed by atoms with E-state index in [1.165, 1.54) is 0 Å². The van der Waals surface area contributed by atoms with Crippen molar-refractivity contribution in [2.75, 3.05) is 45.3 Å². The van der Waals surface area contributed by atoms with E-state index in [4.69, 9.17) is 9.47 Å². The molecule has 8 heteroatoms. The van der Waals surface area contributed by atoms with Gasteiger partial charge in [0.1, 0.15) is 17.3 Å². The average molecular weight is 405 g/mol. The predicted molar refractivity (Wildman–Crippen MR) is 113 cm³/mol. The number of methoxy groups -OCH3 is 1. The van der Waals surface area contributed by atoms with Gasteiger partial charge in [0.05, 0.1) is 38.1 Å². The molecule has 1 aromatic heterocycles. The van der Waals surface area contributed by atoms with Crippen LogP contribution >= 0.6 is 0 Å². The molecule has 1 amide bonds. The zero-order valence-electron chi connectivity index (χ0n) is 16.8. The minimum Gasteiger partial charge on any atom is -0.494 e. The summed E-state index contributed by atoms with van der Waals surface area (Å²) in [7, 11) is 1.61. The van der Waals surface area contributed by atoms with Crippen LogP contribution in [0.15, 0.2) is 42.5 Å². The molecule has 0 saturated carbocycles. The van der Waals surface area contributed by atoms with Crippen molar-refractivity contribution in [1.29, 1.82) is 5.26 Å². The first-order chi connectivity index (χ1) is 14.7. The number of nitriles is 1. The van der Waals surface area contributed by atoms with E-state index in [9.17, 15) is 10.1 Å². The highest BCUT2D eigenvalue weighted by Gasteiger charge is 2.21. The fraction of sp³-hybridized carbons (Fsp3) is 0.318. The highest BCUT2D eigenvalue weighted by Crippen LogP contribution is 2.29. The fourth-order valence-electron chi connectivity index (χ4n) is 3.63. The molecule has 8 nitrogen and oxygen atoms in total. The van der Waals surface area contributed by atoms with Gasteiger partial charge in [-0.3, -0.25) is 14.4 Å². The fourth-order valence-corrected chi connectivity index (χ4v) is 3.63. The Hall–Kier alpha value is -3.41. The van der Waals surface area contributed by atoms with Gasteiger partial charge in [-0.1, -0.05) is 24.3 Å². The number of ether oxygens (including phenoxy) is 2. The third-order valence-electron chi connectivity index (χ3n) is 5.20. The Kier molecular flexibility index (Phi) is 5.93. The van der Waals surface area contributed by atoms with Gasteiger partial charge < -0.3 is 14.8 Å². The molecule has 0 unspecified atom stereocenters. The largest absolute Gasteiger partial charge is 0.494 e. The average Bonchev–Trinajstić information content (AvgIpc) is 3.18. The number of nitrogens with zero attached hydrogens (tertiary/aromatic N) is 4. The number of hydrogen-bond acceptors (Lipinski definition) is 6. The zero-order valence-corrected chi connectivity index (χ0v) is 16.8. The molecule has 1 saturated heterocycles. The van der Waals surface area contributed by atoms with Gasteiger partial charge in [0, 0.05) is 25.0 Å². The molecule has 1 fully saturated rings. The van der Waals surface area contributed by atoms with Gasteiger partial charge in [0.25, 0.3) is 5.91 Å². The van der Waals surface area contributed by atoms with Crippen molar-refractivity contribution in [3.05, 3.63) is 53.7 Å². The van der Waals surface area contributed by atoms with E-state index < -0.39 is 0 Å². The quantitative estimate of drug-likeness (QED) is 0.677. The first kappa shape index (κ1) is 19.9. The molecular weight excluding hydrogens is 382 g/mol. The lowest BCUT2D eigenvalue weighted by Crippen LogP contribution is -2.38. The van der Waals surface area contributed by atoms with Gasteiger partial charge in [-0.2, -0.15) is 10.4 Å². The summed E-state index contributed by atoms with van der Waals surface area (Å²) in [5.74, 6) is 0.305. The molecule has 0 aliphatic carbocycles. The van der Waals surface area contributed by atoms with E-state index >= 15 is 0 Å². The summed E-state index contributed by atoms with van der Waals surface area (Å²) < 4.78 is 12.8. The molecule has 2 heterocycles. The number of benzene rings is 2. The maximum atomic E-state index is 13.1. The van der Waals surface area contributed by atoms with Crippen molar-refractivity contribution in [2.24, 2.45) is 0 Å². The predicted octanol–water partition coefficient (Wildman–Crippen LogP) is 2.50. The summed E-state index contributed by atoms with van der Waals surface area (Å²) in [6.45, 7) is 4.66. The highest BCUT2D eigenvalue weighted by molar-refractivity contribution is 6.12. The lowest BCUT2D eigenvalue weighted by atomic mass is 10.1. The molecule has 4 rings (SSSR count). The molecule has 1 aliphatic rings. The van der Waals surface area contributed by atoms with Crippen LogP contribution in [0.1, 0.15) is 16.1 Å². The number of fused-ring (bicyclic) bond motifs is 1. The molecule has 1 N–H and O–H groups in total. The first-order valence-electron chi connectivity index (χ1n) is 9.85. The Morgan fingerprint density at radius 2 is 2.00 bits per heavy atom. The number of aromatic nitrogens is 2. The van der Waals surface area contributed by atoms with Gasteiger partial charge in [-0.15, -0.1) is 0 Å². The number of hydrogen-bond donors (Lipinski definition) is 1. The van der Waals surface area contributed by atoms with Gasteiger partial charge in [-0.25, -0.2) is 0 Å². The summed E-state index contributed by atoms with van der Waals surface area (Å²) >= 11 is 0. The minimum atomic E-state index is -0.360. The van der Waals surface area contributed by atoms with E-state index in [2.05, 4.69) is 21.4 Å². The van der Waals surface area contributed by atoms with Crippen LogP contribution in [-0.2, 0) is 11.3 Å². The lowest BCUT2D eigenvalue weighted by molar-refractivity contribution is 0.0361. The van der Waals surface area contributed by atoms with Gasteiger partial charge in [0.2, 0.25) is 0 Å². The van der Waals surface area contributed by atoms with Gasteiger partial charge in [0.15, 0.2) is 5.69 Å². The zero-order chi connectivity index (χ0) is 20.9. The number of carbonyl (C=O) groups is 1. The van der Waals surface area contributed by atoms with E-state index in [-0.39, 0.29) is 5.91 Å². The number of anilines is 1. The number of nitrogens with one attached hydrogen (secondary N) is 1. The Morgan fingerprint density at radius 3 is 2.77 bits per heavy atom. The molecule has 3 aromatic rings. The van der Waals surface area contributed by atoms with Crippen LogP contribution in [0, 0.1) is 11.3 Å². The Morgan fingerprint density at radius 1 is 1.20 bits per heavy atom. The summed E-state index contributed by atoms with van der Waals surface area (Å²) in [5.41, 5.74) is 1.95. The summed E-state index contributed by atoms with van der Waals surface area (Å²) in [5, 5.41) is 17.4. The van der Waals surface area contributed by atoms with E-state index in [0.29, 0.717) is 34.6 Å². The molecule has 0 bridgehead atoms. The number of para-hydroxylation sites is 2. The molecular formula is C22H23N5O3. The SMILES string of the molecule is COc1cccc2c(C(=O)Nc3ccccc3C#N)nn(CCN3CCOCC3)c12. The van der Waals surface area contributed by atoms with Crippen LogP contribution < -0.4 is 10.1 Å². The van der Waals surface area contributed by atoms with Crippen LogP contribution in [0.25, 0.3) is 10.9 Å². The normalized spacial score (nSPS) is 14.4. The van der Waals surface area contributed by atoms with E-state index in [0.717, 1.165) is 38.4 Å². The van der Waals surface area contributed by atoms with Crippen molar-refractivity contribution in [2.45, 2.75) is 6.54 Å². The summed E-state index contributed by atoms with van der Waals surface area (Å²) in [4.78, 5) is 15.4. The smallest absolute Gasteiger partial charge is 0.276 e. The second-order valence-electron chi connectivity index (χ2n) is 6.99. The molecule has 2 aromatic carbocycles. The van der Waals surface area contributed by atoms with E-state index in [1.54, 1.807) is 31.4 Å². The van der Waals surface area contributed by atoms with Crippen molar-refractivity contribution >= 4 is 22.5 Å². The number of morpholine rings is 1. The number of amides is 1. The highest BCUT2D eigenvalue weighted by atomic mass is 16.5. The number of rotatable bonds is 6. The molecule has 0 spiro atoms. The standard InChI is InChI=1S/C22H23N5O3/c1-29-19-8-4-6-17-20(22(28)24-18-7-3-2-5-16(18)15-23)25-27(21(17)19)10-9-26-11-13-30-14-12-26/h2-8H,9-14H2,1H3,(H,24,28). The third-order valence-corrected chi connectivity index (χ3v) is 5.20. The topological polar surface area (TPSA) is 92.4 Å². The summed E-state index contributed by atoms with van der Waals surface area (Å²) in [6.07, 6.45) is 0. The number of carbonyl (C=O) groups excluding carboxylic acids is 1. The second kappa shape index (κ2) is 8.95. The third kappa shape index (κ3) is 3.99. The van der Waals surface area contributed by atoms with Crippen molar-refractivity contribution < 1.29 is 14.3 Å². The van der Waals surface area contributed by atoms with Crippen molar-refractivity contribution in [3.63, 3.8) is 0 Å². The molecule has 30 heavy (non-hydrogen) atoms. The minimum absolute atomic E-state index is 0.304. The first-order valence-corrected chi connectivity index (χ1v) is 9.85. The Labute approximate surface area is 174 Å². The monoisotopic (exact) mass is 405 g/mol. The van der Waals surface area contributed by atoms with Crippen molar-refractivity contribution in [3.8, 4) is 11.8 Å². The van der Waals surface area contributed by atoms with Crippen LogP contribution in [0.3, 0.4) is 0 Å². The summed E-state index contributed by atoms with van der Waals surface area (Å²) in [6, 6.07) is 14.6.